The van der Waals surface area contributed by atoms with Crippen molar-refractivity contribution in [1.82, 2.24) is 10.2 Å². The van der Waals surface area contributed by atoms with Crippen LogP contribution in [0.2, 0.25) is 0 Å². The van der Waals surface area contributed by atoms with Crippen LogP contribution in [0, 0.1) is 5.92 Å². The van der Waals surface area contributed by atoms with Gasteiger partial charge in [0, 0.05) is 19.0 Å². The average molecular weight is 278 g/mol. The Balaban J connectivity index is 2.16. The number of hydrogen-bond donors (Lipinski definition) is 1. The van der Waals surface area contributed by atoms with Gasteiger partial charge < -0.3 is 10.2 Å². The third kappa shape index (κ3) is 3.41. The first-order valence-electron chi connectivity index (χ1n) is 7.84. The summed E-state index contributed by atoms with van der Waals surface area (Å²) in [6, 6.07) is -0.328. The Morgan fingerprint density at radius 1 is 1.25 bits per heavy atom. The smallest absolute Gasteiger partial charge is 0.245 e. The van der Waals surface area contributed by atoms with Crippen molar-refractivity contribution in [2.75, 3.05) is 6.54 Å². The van der Waals surface area contributed by atoms with Crippen molar-refractivity contribution in [2.24, 2.45) is 5.92 Å². The van der Waals surface area contributed by atoms with Crippen LogP contribution in [0.5, 0.6) is 0 Å². The molecule has 112 valence electrons. The summed E-state index contributed by atoms with van der Waals surface area (Å²) < 4.78 is 0. The number of allylic oxidation sites excluding steroid dienone is 1. The lowest BCUT2D eigenvalue weighted by Crippen LogP contribution is -2.50. The lowest BCUT2D eigenvalue weighted by Gasteiger charge is -2.33. The highest BCUT2D eigenvalue weighted by atomic mass is 16.2. The van der Waals surface area contributed by atoms with Crippen molar-refractivity contribution in [2.45, 2.75) is 64.5 Å². The minimum absolute atomic E-state index is 0.0180. The van der Waals surface area contributed by atoms with E-state index in [2.05, 4.69) is 5.32 Å². The predicted molar refractivity (Wildman–Crippen MR) is 79.1 cm³/mol. The van der Waals surface area contributed by atoms with Crippen molar-refractivity contribution in [1.29, 1.82) is 0 Å². The van der Waals surface area contributed by atoms with Crippen LogP contribution in [0.15, 0.2) is 12.2 Å². The summed E-state index contributed by atoms with van der Waals surface area (Å²) >= 11 is 0. The summed E-state index contributed by atoms with van der Waals surface area (Å²) in [5.74, 6) is 0.441. The molecule has 1 saturated heterocycles. The number of nitrogens with zero attached hydrogens (tertiary/aromatic N) is 1. The van der Waals surface area contributed by atoms with E-state index in [1.54, 1.807) is 0 Å². The molecule has 0 aromatic rings. The van der Waals surface area contributed by atoms with Crippen LogP contribution in [-0.2, 0) is 9.59 Å². The molecule has 4 nitrogen and oxygen atoms in total. The van der Waals surface area contributed by atoms with Crippen LogP contribution in [0.3, 0.4) is 0 Å². The second kappa shape index (κ2) is 6.91. The molecule has 2 atom stereocenters. The molecule has 2 unspecified atom stereocenters. The highest BCUT2D eigenvalue weighted by Crippen LogP contribution is 2.29. The van der Waals surface area contributed by atoms with E-state index in [1.807, 2.05) is 30.9 Å². The van der Waals surface area contributed by atoms with Crippen LogP contribution >= 0.6 is 0 Å². The Bertz CT molecular complexity index is 386. The van der Waals surface area contributed by atoms with Crippen LogP contribution < -0.4 is 5.32 Å². The maximum atomic E-state index is 12.8. The van der Waals surface area contributed by atoms with Gasteiger partial charge in [-0.2, -0.15) is 0 Å². The molecule has 1 aliphatic heterocycles. The third-order valence-electron chi connectivity index (χ3n) is 4.54. The number of rotatable bonds is 3. The van der Waals surface area contributed by atoms with E-state index in [0.717, 1.165) is 12.8 Å². The molecular formula is C16H26N2O2. The van der Waals surface area contributed by atoms with E-state index in [0.29, 0.717) is 18.9 Å². The fourth-order valence-electron chi connectivity index (χ4n) is 3.34. The second-order valence-corrected chi connectivity index (χ2v) is 6.06. The summed E-state index contributed by atoms with van der Waals surface area (Å²) in [5, 5.41) is 2.98. The second-order valence-electron chi connectivity index (χ2n) is 6.06. The summed E-state index contributed by atoms with van der Waals surface area (Å²) in [6.45, 7) is 4.52. The van der Waals surface area contributed by atoms with Crippen molar-refractivity contribution < 1.29 is 9.59 Å². The van der Waals surface area contributed by atoms with Crippen LogP contribution in [0.1, 0.15) is 52.4 Å². The topological polar surface area (TPSA) is 49.4 Å². The molecule has 0 aromatic carbocycles. The molecule has 1 N–H and O–H groups in total. The quantitative estimate of drug-likeness (QED) is 0.805. The van der Waals surface area contributed by atoms with Crippen molar-refractivity contribution >= 4 is 11.8 Å². The molecule has 0 radical (unpaired) electrons. The highest BCUT2D eigenvalue weighted by molar-refractivity contribution is 5.90. The molecule has 1 saturated carbocycles. The van der Waals surface area contributed by atoms with Crippen LogP contribution in [0.4, 0.5) is 0 Å². The van der Waals surface area contributed by atoms with Gasteiger partial charge in [-0.3, -0.25) is 9.59 Å². The lowest BCUT2D eigenvalue weighted by atomic mass is 9.83. The summed E-state index contributed by atoms with van der Waals surface area (Å²) in [7, 11) is 0. The normalized spacial score (nSPS) is 29.6. The molecule has 0 spiro atoms. The van der Waals surface area contributed by atoms with Crippen LogP contribution in [-0.4, -0.2) is 35.3 Å². The minimum Gasteiger partial charge on any atom is -0.344 e. The van der Waals surface area contributed by atoms with Crippen LogP contribution in [0.25, 0.3) is 0 Å². The maximum absolute atomic E-state index is 12.8. The summed E-state index contributed by atoms with van der Waals surface area (Å²) in [5.41, 5.74) is 0. The zero-order valence-corrected chi connectivity index (χ0v) is 12.6. The molecule has 1 aliphatic carbocycles. The third-order valence-corrected chi connectivity index (χ3v) is 4.54. The fourth-order valence-corrected chi connectivity index (χ4v) is 3.34. The Kier molecular flexibility index (Phi) is 5.21. The first-order valence-corrected chi connectivity index (χ1v) is 7.84. The number of nitrogens with one attached hydrogen (secondary N) is 1. The SMILES string of the molecule is C/C=C/CN1C(=O)C(C2CCCCC2)NC(=O)CC1C. The van der Waals surface area contributed by atoms with Gasteiger partial charge in [0.05, 0.1) is 0 Å². The predicted octanol–water partition coefficient (Wildman–Crippen LogP) is 2.25. The van der Waals surface area contributed by atoms with Gasteiger partial charge in [-0.25, -0.2) is 0 Å². The van der Waals surface area contributed by atoms with E-state index in [1.165, 1.54) is 19.3 Å². The van der Waals surface area contributed by atoms with E-state index >= 15 is 0 Å². The molecule has 2 amide bonds. The molecule has 2 rings (SSSR count). The lowest BCUT2D eigenvalue weighted by molar-refractivity contribution is -0.136. The molecular weight excluding hydrogens is 252 g/mol. The van der Waals surface area contributed by atoms with Gasteiger partial charge in [0.2, 0.25) is 11.8 Å². The standard InChI is InChI=1S/C16H26N2O2/c1-3-4-10-18-12(2)11-14(19)17-15(16(18)20)13-8-6-5-7-9-13/h3-4,12-13,15H,5-11H2,1-2H3,(H,17,19)/b4-3+. The zero-order chi connectivity index (χ0) is 14.5. The minimum atomic E-state index is -0.307. The molecule has 0 aromatic heterocycles. The van der Waals surface area contributed by atoms with Gasteiger partial charge in [-0.1, -0.05) is 31.4 Å². The van der Waals surface area contributed by atoms with Gasteiger partial charge in [0.15, 0.2) is 0 Å². The number of amides is 2. The van der Waals surface area contributed by atoms with Gasteiger partial charge in [0.25, 0.3) is 0 Å². The summed E-state index contributed by atoms with van der Waals surface area (Å²) in [4.78, 5) is 26.6. The molecule has 1 heterocycles. The van der Waals surface area contributed by atoms with E-state index in [4.69, 9.17) is 0 Å². The highest BCUT2D eigenvalue weighted by Gasteiger charge is 2.38. The maximum Gasteiger partial charge on any atom is 0.245 e. The zero-order valence-electron chi connectivity index (χ0n) is 12.6. The van der Waals surface area contributed by atoms with Crippen molar-refractivity contribution in [3.05, 3.63) is 12.2 Å². The monoisotopic (exact) mass is 278 g/mol. The number of carbonyl (C=O) groups excluding carboxylic acids is 2. The van der Waals surface area contributed by atoms with E-state index in [-0.39, 0.29) is 23.9 Å². The average Bonchev–Trinajstić information content (AvgIpc) is 2.55. The number of hydrogen-bond acceptors (Lipinski definition) is 2. The van der Waals surface area contributed by atoms with Gasteiger partial charge in [0.1, 0.15) is 6.04 Å². The van der Waals surface area contributed by atoms with E-state index in [9.17, 15) is 9.59 Å². The molecule has 0 bridgehead atoms. The Hall–Kier alpha value is -1.32. The molecule has 20 heavy (non-hydrogen) atoms. The van der Waals surface area contributed by atoms with Gasteiger partial charge in [-0.15, -0.1) is 0 Å². The van der Waals surface area contributed by atoms with Crippen molar-refractivity contribution in [3.63, 3.8) is 0 Å². The Morgan fingerprint density at radius 3 is 2.60 bits per heavy atom. The van der Waals surface area contributed by atoms with Gasteiger partial charge in [-0.05, 0) is 32.6 Å². The van der Waals surface area contributed by atoms with Gasteiger partial charge >= 0.3 is 0 Å². The first-order chi connectivity index (χ1) is 9.63. The largest absolute Gasteiger partial charge is 0.344 e. The fraction of sp³-hybridized carbons (Fsp3) is 0.750. The number of carbonyl (C=O) groups is 2. The Morgan fingerprint density at radius 2 is 1.95 bits per heavy atom. The first kappa shape index (κ1) is 15.1. The van der Waals surface area contributed by atoms with E-state index < -0.39 is 0 Å². The Labute approximate surface area is 121 Å². The molecule has 2 fully saturated rings. The molecule has 2 aliphatic rings. The summed E-state index contributed by atoms with van der Waals surface area (Å²) in [6.07, 6.45) is 10.1. The van der Waals surface area contributed by atoms with Crippen molar-refractivity contribution in [3.8, 4) is 0 Å². The molecule has 4 heteroatoms.